The van der Waals surface area contributed by atoms with Crippen LogP contribution < -0.4 is 10.2 Å². The van der Waals surface area contributed by atoms with E-state index >= 15 is 0 Å². The van der Waals surface area contributed by atoms with Crippen molar-refractivity contribution in [2.24, 2.45) is 5.92 Å². The molecule has 1 saturated heterocycles. The minimum absolute atomic E-state index is 0.239. The number of aryl methyl sites for hydroxylation is 1. The van der Waals surface area contributed by atoms with Crippen LogP contribution in [0, 0.1) is 18.7 Å². The molecule has 0 aliphatic carbocycles. The molecular weight excluding hydrogens is 315 g/mol. The summed E-state index contributed by atoms with van der Waals surface area (Å²) in [7, 11) is 0. The lowest BCUT2D eigenvalue weighted by atomic mass is 10.1. The van der Waals surface area contributed by atoms with Crippen molar-refractivity contribution >= 4 is 16.9 Å². The van der Waals surface area contributed by atoms with Crippen molar-refractivity contribution in [3.05, 3.63) is 29.7 Å². The smallest absolute Gasteiger partial charge is 0.226 e. The van der Waals surface area contributed by atoms with Gasteiger partial charge in [-0.3, -0.25) is 0 Å². The van der Waals surface area contributed by atoms with Crippen molar-refractivity contribution < 1.29 is 4.39 Å². The average Bonchev–Trinajstić information content (AvgIpc) is 2.81. The van der Waals surface area contributed by atoms with Crippen molar-refractivity contribution in [3.63, 3.8) is 0 Å². The van der Waals surface area contributed by atoms with Crippen LogP contribution in [0.1, 0.15) is 45.2 Å². The molecule has 0 radical (unpaired) electrons. The van der Waals surface area contributed by atoms with Crippen LogP contribution in [0.25, 0.3) is 10.9 Å². The lowest BCUT2D eigenvalue weighted by Crippen LogP contribution is -2.32. The van der Waals surface area contributed by atoms with E-state index in [1.165, 1.54) is 25.0 Å². The highest BCUT2D eigenvalue weighted by Gasteiger charge is 2.19. The summed E-state index contributed by atoms with van der Waals surface area (Å²) < 4.78 is 13.4. The molecule has 2 aromatic rings. The monoisotopic (exact) mass is 344 g/mol. The second-order valence-corrected chi connectivity index (χ2v) is 7.52. The fraction of sp³-hybridized carbons (Fsp3) is 0.600. The Bertz CT molecular complexity index is 716. The third-order valence-electron chi connectivity index (χ3n) is 5.00. The molecule has 1 aromatic carbocycles. The van der Waals surface area contributed by atoms with Gasteiger partial charge in [0.05, 0.1) is 11.2 Å². The highest BCUT2D eigenvalue weighted by Crippen LogP contribution is 2.22. The normalized spacial score (nSPS) is 18.8. The van der Waals surface area contributed by atoms with E-state index in [0.717, 1.165) is 60.9 Å². The number of nitrogens with one attached hydrogen (secondary N) is 1. The van der Waals surface area contributed by atoms with Gasteiger partial charge in [0.2, 0.25) is 5.95 Å². The number of aromatic nitrogens is 2. The molecule has 0 bridgehead atoms. The first-order valence-corrected chi connectivity index (χ1v) is 9.45. The molecular formula is C20H29FN4. The van der Waals surface area contributed by atoms with Gasteiger partial charge in [0.1, 0.15) is 5.82 Å². The van der Waals surface area contributed by atoms with Crippen molar-refractivity contribution in [3.8, 4) is 0 Å². The highest BCUT2D eigenvalue weighted by molar-refractivity contribution is 5.81. The molecule has 1 atom stereocenters. The van der Waals surface area contributed by atoms with Crippen LogP contribution >= 0.6 is 0 Å². The van der Waals surface area contributed by atoms with Gasteiger partial charge in [-0.05, 0) is 63.3 Å². The maximum Gasteiger partial charge on any atom is 0.226 e. The average molecular weight is 344 g/mol. The quantitative estimate of drug-likeness (QED) is 0.888. The van der Waals surface area contributed by atoms with E-state index in [0.29, 0.717) is 6.04 Å². The third-order valence-corrected chi connectivity index (χ3v) is 5.00. The zero-order valence-electron chi connectivity index (χ0n) is 15.6. The maximum absolute atomic E-state index is 13.4. The zero-order chi connectivity index (χ0) is 17.8. The molecule has 4 nitrogen and oxygen atoms in total. The first-order valence-electron chi connectivity index (χ1n) is 9.45. The van der Waals surface area contributed by atoms with Crippen LogP contribution in [0.5, 0.6) is 0 Å². The second-order valence-electron chi connectivity index (χ2n) is 7.52. The zero-order valence-corrected chi connectivity index (χ0v) is 15.6. The molecule has 3 rings (SSSR count). The van der Waals surface area contributed by atoms with Gasteiger partial charge < -0.3 is 10.2 Å². The molecule has 1 unspecified atom stereocenters. The number of halogens is 1. The Labute approximate surface area is 149 Å². The molecule has 25 heavy (non-hydrogen) atoms. The standard InChI is InChI=1S/C20H29FN4/c1-14(2)8-10-22-17-5-4-11-25(12-9-17)20-23-15(3)18-13-16(21)6-7-19(18)24-20/h6-7,13-14,17,22H,4-5,8-12H2,1-3H3. The first kappa shape index (κ1) is 18.1. The molecule has 2 heterocycles. The molecule has 136 valence electrons. The Balaban J connectivity index is 1.68. The van der Waals surface area contributed by atoms with Crippen LogP contribution in [-0.4, -0.2) is 35.6 Å². The van der Waals surface area contributed by atoms with E-state index in [-0.39, 0.29) is 5.82 Å². The molecule has 1 aliphatic rings. The number of fused-ring (bicyclic) bond motifs is 1. The number of anilines is 1. The van der Waals surface area contributed by atoms with Crippen LogP contribution in [0.4, 0.5) is 10.3 Å². The van der Waals surface area contributed by atoms with Crippen molar-refractivity contribution in [2.45, 2.75) is 52.5 Å². The number of nitrogens with zero attached hydrogens (tertiary/aromatic N) is 3. The molecule has 1 fully saturated rings. The summed E-state index contributed by atoms with van der Waals surface area (Å²) in [6.07, 6.45) is 4.68. The molecule has 1 aliphatic heterocycles. The van der Waals surface area contributed by atoms with E-state index in [9.17, 15) is 4.39 Å². The lowest BCUT2D eigenvalue weighted by molar-refractivity contribution is 0.440. The van der Waals surface area contributed by atoms with Crippen LogP contribution in [0.15, 0.2) is 18.2 Å². The Hall–Kier alpha value is -1.75. The van der Waals surface area contributed by atoms with E-state index < -0.39 is 0 Å². The van der Waals surface area contributed by atoms with Crippen LogP contribution in [-0.2, 0) is 0 Å². The molecule has 1 aromatic heterocycles. The van der Waals surface area contributed by atoms with Gasteiger partial charge in [0.25, 0.3) is 0 Å². The van der Waals surface area contributed by atoms with E-state index in [2.05, 4.69) is 34.0 Å². The molecule has 0 spiro atoms. The van der Waals surface area contributed by atoms with Gasteiger partial charge in [0.15, 0.2) is 0 Å². The summed E-state index contributed by atoms with van der Waals surface area (Å²) in [4.78, 5) is 11.6. The summed E-state index contributed by atoms with van der Waals surface area (Å²) in [5.74, 6) is 1.28. The first-order chi connectivity index (χ1) is 12.0. The van der Waals surface area contributed by atoms with E-state index in [1.54, 1.807) is 6.07 Å². The van der Waals surface area contributed by atoms with Gasteiger partial charge >= 0.3 is 0 Å². The van der Waals surface area contributed by atoms with Gasteiger partial charge in [0, 0.05) is 24.5 Å². The van der Waals surface area contributed by atoms with Crippen molar-refractivity contribution in [2.75, 3.05) is 24.5 Å². The third kappa shape index (κ3) is 4.66. The largest absolute Gasteiger partial charge is 0.341 e. The minimum atomic E-state index is -0.239. The summed E-state index contributed by atoms with van der Waals surface area (Å²) in [6.45, 7) is 9.50. The van der Waals surface area contributed by atoms with Crippen molar-refractivity contribution in [1.29, 1.82) is 0 Å². The van der Waals surface area contributed by atoms with Crippen LogP contribution in [0.3, 0.4) is 0 Å². The Morgan fingerprint density at radius 2 is 2.08 bits per heavy atom. The predicted molar refractivity (Wildman–Crippen MR) is 102 cm³/mol. The maximum atomic E-state index is 13.4. The van der Waals surface area contributed by atoms with Gasteiger partial charge in [-0.15, -0.1) is 0 Å². The lowest BCUT2D eigenvalue weighted by Gasteiger charge is -2.22. The topological polar surface area (TPSA) is 41.1 Å². The van der Waals surface area contributed by atoms with Crippen LogP contribution in [0.2, 0.25) is 0 Å². The van der Waals surface area contributed by atoms with E-state index in [1.807, 2.05) is 6.92 Å². The summed E-state index contributed by atoms with van der Waals surface area (Å²) in [6, 6.07) is 5.32. The molecule has 1 N–H and O–H groups in total. The fourth-order valence-corrected chi connectivity index (χ4v) is 3.46. The second kappa shape index (κ2) is 8.09. The number of hydrogen-bond donors (Lipinski definition) is 1. The minimum Gasteiger partial charge on any atom is -0.341 e. The highest BCUT2D eigenvalue weighted by atomic mass is 19.1. The summed E-state index contributed by atoms with van der Waals surface area (Å²) in [5.41, 5.74) is 1.66. The Kier molecular flexibility index (Phi) is 5.84. The van der Waals surface area contributed by atoms with Gasteiger partial charge in [-0.25, -0.2) is 14.4 Å². The van der Waals surface area contributed by atoms with Crippen molar-refractivity contribution in [1.82, 2.24) is 15.3 Å². The SMILES string of the molecule is Cc1nc(N2CCCC(NCCC(C)C)CC2)nc2ccc(F)cc12. The summed E-state index contributed by atoms with van der Waals surface area (Å²) >= 11 is 0. The molecule has 5 heteroatoms. The molecule has 0 saturated carbocycles. The van der Waals surface area contributed by atoms with E-state index in [4.69, 9.17) is 0 Å². The fourth-order valence-electron chi connectivity index (χ4n) is 3.46. The van der Waals surface area contributed by atoms with Gasteiger partial charge in [-0.2, -0.15) is 0 Å². The number of hydrogen-bond acceptors (Lipinski definition) is 4. The number of rotatable bonds is 5. The van der Waals surface area contributed by atoms with Gasteiger partial charge in [-0.1, -0.05) is 13.8 Å². The molecule has 0 amide bonds. The summed E-state index contributed by atoms with van der Waals surface area (Å²) in [5, 5.41) is 4.50. The predicted octanol–water partition coefficient (Wildman–Crippen LogP) is 4.07. The number of benzene rings is 1. The Morgan fingerprint density at radius 1 is 1.24 bits per heavy atom. The Morgan fingerprint density at radius 3 is 2.88 bits per heavy atom.